The second-order valence-electron chi connectivity index (χ2n) is 5.80. The van der Waals surface area contributed by atoms with E-state index in [0.29, 0.717) is 5.75 Å². The molecule has 0 saturated heterocycles. The van der Waals surface area contributed by atoms with Gasteiger partial charge in [-0.1, -0.05) is 30.3 Å². The third kappa shape index (κ3) is 4.22. The van der Waals surface area contributed by atoms with E-state index in [-0.39, 0.29) is 21.0 Å². The highest BCUT2D eigenvalue weighted by Crippen LogP contribution is 2.28. The molecule has 0 bridgehead atoms. The van der Waals surface area contributed by atoms with Crippen LogP contribution in [0.2, 0.25) is 0 Å². The van der Waals surface area contributed by atoms with Gasteiger partial charge in [-0.05, 0) is 42.0 Å². The van der Waals surface area contributed by atoms with Gasteiger partial charge in [-0.2, -0.15) is 5.26 Å². The Bertz CT molecular complexity index is 1150. The highest BCUT2D eigenvalue weighted by Gasteiger charge is 2.17. The molecule has 0 aromatic heterocycles. The van der Waals surface area contributed by atoms with Gasteiger partial charge in [-0.3, -0.25) is 10.1 Å². The van der Waals surface area contributed by atoms with Crippen molar-refractivity contribution in [2.24, 2.45) is 0 Å². The summed E-state index contributed by atoms with van der Waals surface area (Å²) in [4.78, 5) is 11.5. The van der Waals surface area contributed by atoms with Gasteiger partial charge >= 0.3 is 0 Å². The number of thioether (sulfide) groups is 1. The van der Waals surface area contributed by atoms with Crippen LogP contribution >= 0.6 is 11.8 Å². The highest BCUT2D eigenvalue weighted by molar-refractivity contribution is 7.98. The van der Waals surface area contributed by atoms with Crippen LogP contribution in [-0.4, -0.2) is 13.3 Å². The minimum absolute atomic E-state index is 0.0132. The van der Waals surface area contributed by atoms with Gasteiger partial charge in [0.15, 0.2) is 0 Å². The van der Waals surface area contributed by atoms with Gasteiger partial charge in [0.25, 0.3) is 5.69 Å². The summed E-state index contributed by atoms with van der Waals surface area (Å²) in [5.74, 6) is 0.536. The number of nitro groups is 1. The zero-order chi connectivity index (χ0) is 20.1. The van der Waals surface area contributed by atoms with Crippen LogP contribution in [0.15, 0.2) is 87.5 Å². The number of hydrogen-bond donors (Lipinski definition) is 0. The Hall–Kier alpha value is -3.15. The molecule has 0 aliphatic heterocycles. The molecule has 0 N–H and O–H groups in total. The molecule has 0 spiro atoms. The van der Waals surface area contributed by atoms with Crippen LogP contribution in [-0.2, 0) is 15.6 Å². The third-order valence-electron chi connectivity index (χ3n) is 3.98. The normalized spacial score (nSPS) is 11.0. The fraction of sp³-hybridized carbons (Fsp3) is 0.0500. The maximum absolute atomic E-state index is 12.6. The van der Waals surface area contributed by atoms with Crippen LogP contribution in [0.3, 0.4) is 0 Å². The first-order valence-electron chi connectivity index (χ1n) is 8.12. The highest BCUT2D eigenvalue weighted by atomic mass is 32.2. The predicted molar refractivity (Wildman–Crippen MR) is 106 cm³/mol. The monoisotopic (exact) mass is 410 g/mol. The van der Waals surface area contributed by atoms with Crippen LogP contribution in [0, 0.1) is 21.4 Å². The second kappa shape index (κ2) is 8.25. The van der Waals surface area contributed by atoms with Gasteiger partial charge < -0.3 is 0 Å². The molecule has 28 heavy (non-hydrogen) atoms. The zero-order valence-electron chi connectivity index (χ0n) is 14.5. The molecule has 6 nitrogen and oxygen atoms in total. The van der Waals surface area contributed by atoms with E-state index in [1.54, 1.807) is 60.7 Å². The van der Waals surface area contributed by atoms with Crippen molar-refractivity contribution >= 4 is 27.3 Å². The van der Waals surface area contributed by atoms with E-state index in [1.165, 1.54) is 23.9 Å². The largest absolute Gasteiger partial charge is 0.287 e. The first-order valence-corrected chi connectivity index (χ1v) is 10.6. The predicted octanol–water partition coefficient (Wildman–Crippen LogP) is 4.59. The van der Waals surface area contributed by atoms with E-state index in [0.717, 1.165) is 10.5 Å². The van der Waals surface area contributed by atoms with E-state index in [9.17, 15) is 18.5 Å². The molecule has 8 heteroatoms. The molecule has 0 unspecified atom stereocenters. The summed E-state index contributed by atoms with van der Waals surface area (Å²) >= 11 is 1.41. The number of sulfone groups is 1. The summed E-state index contributed by atoms with van der Waals surface area (Å²) in [7, 11) is -3.55. The average Bonchev–Trinajstić information content (AvgIpc) is 2.72. The Morgan fingerprint density at radius 1 is 0.964 bits per heavy atom. The fourth-order valence-electron chi connectivity index (χ4n) is 2.52. The Kier molecular flexibility index (Phi) is 5.78. The summed E-state index contributed by atoms with van der Waals surface area (Å²) in [5.41, 5.74) is 0.690. The molecule has 0 aliphatic rings. The number of nitriles is 1. The lowest BCUT2D eigenvalue weighted by molar-refractivity contribution is -0.385. The molecule has 0 heterocycles. The van der Waals surface area contributed by atoms with Gasteiger partial charge in [0.1, 0.15) is 11.6 Å². The Morgan fingerprint density at radius 2 is 1.61 bits per heavy atom. The molecule has 0 saturated carbocycles. The molecule has 0 atom stereocenters. The standard InChI is InChI=1S/C20H14N2O4S2/c21-13-16-12-17(8-11-20(16)22(23)24)27-14-15-6-9-19(10-7-15)28(25,26)18-4-2-1-3-5-18/h1-12H,14H2. The molecule has 0 aliphatic carbocycles. The van der Waals surface area contributed by atoms with Crippen molar-refractivity contribution in [2.45, 2.75) is 20.4 Å². The maximum Gasteiger partial charge on any atom is 0.287 e. The van der Waals surface area contributed by atoms with Crippen LogP contribution in [0.5, 0.6) is 0 Å². The van der Waals surface area contributed by atoms with Gasteiger partial charge in [0.05, 0.1) is 14.7 Å². The Balaban J connectivity index is 1.74. The first kappa shape index (κ1) is 19.6. The molecule has 140 valence electrons. The smallest absolute Gasteiger partial charge is 0.258 e. The second-order valence-corrected chi connectivity index (χ2v) is 8.80. The lowest BCUT2D eigenvalue weighted by Gasteiger charge is -2.07. The van der Waals surface area contributed by atoms with E-state index < -0.39 is 14.8 Å². The van der Waals surface area contributed by atoms with Crippen molar-refractivity contribution in [3.05, 3.63) is 94.0 Å². The Morgan fingerprint density at radius 3 is 2.21 bits per heavy atom. The lowest BCUT2D eigenvalue weighted by Crippen LogP contribution is -2.01. The van der Waals surface area contributed by atoms with Crippen molar-refractivity contribution < 1.29 is 13.3 Å². The number of benzene rings is 3. The quantitative estimate of drug-likeness (QED) is 0.335. The fourth-order valence-corrected chi connectivity index (χ4v) is 4.69. The van der Waals surface area contributed by atoms with Gasteiger partial charge in [-0.25, -0.2) is 8.42 Å². The van der Waals surface area contributed by atoms with E-state index in [2.05, 4.69) is 0 Å². The molecule has 0 radical (unpaired) electrons. The zero-order valence-corrected chi connectivity index (χ0v) is 16.1. The molecule has 3 aromatic rings. The summed E-state index contributed by atoms with van der Waals surface area (Å²) in [5, 5.41) is 19.9. The molecular formula is C20H14N2O4S2. The summed E-state index contributed by atoms with van der Waals surface area (Å²) in [6.07, 6.45) is 0. The average molecular weight is 410 g/mol. The van der Waals surface area contributed by atoms with Gasteiger partial charge in [0.2, 0.25) is 9.84 Å². The minimum atomic E-state index is -3.55. The third-order valence-corrected chi connectivity index (χ3v) is 6.83. The maximum atomic E-state index is 12.6. The van der Waals surface area contributed by atoms with E-state index in [4.69, 9.17) is 5.26 Å². The van der Waals surface area contributed by atoms with E-state index in [1.807, 2.05) is 6.07 Å². The summed E-state index contributed by atoms with van der Waals surface area (Å²) in [6, 6.07) is 21.1. The SMILES string of the molecule is N#Cc1cc(SCc2ccc(S(=O)(=O)c3ccccc3)cc2)ccc1[N+](=O)[O-]. The molecule has 0 fully saturated rings. The van der Waals surface area contributed by atoms with Crippen LogP contribution in [0.1, 0.15) is 11.1 Å². The summed E-state index contributed by atoms with van der Waals surface area (Å²) < 4.78 is 25.2. The van der Waals surface area contributed by atoms with Gasteiger partial charge in [-0.15, -0.1) is 11.8 Å². The van der Waals surface area contributed by atoms with E-state index >= 15 is 0 Å². The molecular weight excluding hydrogens is 396 g/mol. The topological polar surface area (TPSA) is 101 Å². The van der Waals surface area contributed by atoms with Gasteiger partial charge in [0, 0.05) is 16.7 Å². The van der Waals surface area contributed by atoms with Crippen LogP contribution < -0.4 is 0 Å². The number of nitro benzene ring substituents is 1. The van der Waals surface area contributed by atoms with Crippen molar-refractivity contribution in [2.75, 3.05) is 0 Å². The molecule has 0 amide bonds. The van der Waals surface area contributed by atoms with Crippen LogP contribution in [0.4, 0.5) is 5.69 Å². The lowest BCUT2D eigenvalue weighted by atomic mass is 10.2. The molecule has 3 rings (SSSR count). The number of nitrogens with zero attached hydrogens (tertiary/aromatic N) is 2. The Labute approximate surface area is 166 Å². The number of rotatable bonds is 6. The first-order chi connectivity index (χ1) is 13.4. The minimum Gasteiger partial charge on any atom is -0.258 e. The van der Waals surface area contributed by atoms with Crippen LogP contribution in [0.25, 0.3) is 0 Å². The van der Waals surface area contributed by atoms with Crippen molar-refractivity contribution in [1.82, 2.24) is 0 Å². The van der Waals surface area contributed by atoms with Crippen molar-refractivity contribution in [1.29, 1.82) is 5.26 Å². The van der Waals surface area contributed by atoms with Crippen molar-refractivity contribution in [3.8, 4) is 6.07 Å². The van der Waals surface area contributed by atoms with Crippen molar-refractivity contribution in [3.63, 3.8) is 0 Å². The number of hydrogen-bond acceptors (Lipinski definition) is 6. The molecule has 3 aromatic carbocycles. The summed E-state index contributed by atoms with van der Waals surface area (Å²) in [6.45, 7) is 0.